The van der Waals surface area contributed by atoms with Gasteiger partial charge in [0.05, 0.1) is 24.6 Å². The highest BCUT2D eigenvalue weighted by atomic mass is 35.5. The van der Waals surface area contributed by atoms with Crippen molar-refractivity contribution in [1.82, 2.24) is 5.32 Å². The lowest BCUT2D eigenvalue weighted by Gasteiger charge is -2.06. The Balaban J connectivity index is 2.59. The van der Waals surface area contributed by atoms with E-state index in [1.165, 1.54) is 6.07 Å². The molecule has 0 saturated heterocycles. The molecular formula is C15H17ClN2O3. The minimum Gasteiger partial charge on any atom is -0.466 e. The van der Waals surface area contributed by atoms with Crippen LogP contribution in [0.5, 0.6) is 0 Å². The summed E-state index contributed by atoms with van der Waals surface area (Å²) in [5.74, 6) is 4.85. The number of hydrogen-bond donors (Lipinski definition) is 2. The lowest BCUT2D eigenvalue weighted by molar-refractivity contribution is -0.142. The number of halogens is 1. The van der Waals surface area contributed by atoms with Gasteiger partial charge in [-0.25, -0.2) is 0 Å². The van der Waals surface area contributed by atoms with Crippen molar-refractivity contribution in [1.29, 1.82) is 0 Å². The summed E-state index contributed by atoms with van der Waals surface area (Å²) in [6.07, 6.45) is 0.132. The summed E-state index contributed by atoms with van der Waals surface area (Å²) < 4.78 is 4.76. The van der Waals surface area contributed by atoms with Crippen LogP contribution < -0.4 is 11.1 Å². The molecule has 0 fully saturated rings. The number of rotatable bonds is 5. The zero-order valence-electron chi connectivity index (χ0n) is 11.7. The summed E-state index contributed by atoms with van der Waals surface area (Å²) in [7, 11) is 0. The molecule has 0 saturated carbocycles. The van der Waals surface area contributed by atoms with Crippen molar-refractivity contribution in [3.63, 3.8) is 0 Å². The van der Waals surface area contributed by atoms with Crippen molar-refractivity contribution in [2.24, 2.45) is 5.73 Å². The van der Waals surface area contributed by atoms with E-state index < -0.39 is 0 Å². The molecule has 0 aliphatic heterocycles. The largest absolute Gasteiger partial charge is 0.466 e. The minimum absolute atomic E-state index is 0.132. The summed E-state index contributed by atoms with van der Waals surface area (Å²) in [6.45, 7) is 2.51. The predicted molar refractivity (Wildman–Crippen MR) is 81.0 cm³/mol. The molecule has 112 valence electrons. The average Bonchev–Trinajstić information content (AvgIpc) is 2.46. The second-order valence-corrected chi connectivity index (χ2v) is 4.42. The fourth-order valence-electron chi connectivity index (χ4n) is 1.52. The monoisotopic (exact) mass is 308 g/mol. The first-order valence-corrected chi connectivity index (χ1v) is 6.88. The summed E-state index contributed by atoms with van der Waals surface area (Å²) in [5, 5.41) is 3.01. The molecule has 0 aliphatic rings. The minimum atomic E-state index is -0.344. The highest BCUT2D eigenvalue weighted by Crippen LogP contribution is 2.17. The first kappa shape index (κ1) is 17.0. The van der Waals surface area contributed by atoms with Crippen molar-refractivity contribution in [2.75, 3.05) is 19.7 Å². The fourth-order valence-corrected chi connectivity index (χ4v) is 1.75. The summed E-state index contributed by atoms with van der Waals surface area (Å²) in [4.78, 5) is 23.0. The van der Waals surface area contributed by atoms with Crippen LogP contribution in [-0.2, 0) is 9.53 Å². The van der Waals surface area contributed by atoms with Gasteiger partial charge in [0.15, 0.2) is 0 Å². The van der Waals surface area contributed by atoms with E-state index in [0.717, 1.165) is 0 Å². The van der Waals surface area contributed by atoms with Gasteiger partial charge < -0.3 is 15.8 Å². The normalized spacial score (nSPS) is 9.48. The number of nitrogens with two attached hydrogens (primary N) is 1. The van der Waals surface area contributed by atoms with Gasteiger partial charge in [0.25, 0.3) is 5.91 Å². The molecule has 1 rings (SSSR count). The smallest absolute Gasteiger partial charge is 0.307 e. The summed E-state index contributed by atoms with van der Waals surface area (Å²) in [5.41, 5.74) is 6.31. The van der Waals surface area contributed by atoms with Gasteiger partial charge >= 0.3 is 5.97 Å². The zero-order valence-corrected chi connectivity index (χ0v) is 12.5. The van der Waals surface area contributed by atoms with Gasteiger partial charge in [-0.3, -0.25) is 9.59 Å². The van der Waals surface area contributed by atoms with Crippen molar-refractivity contribution < 1.29 is 14.3 Å². The lowest BCUT2D eigenvalue weighted by atomic mass is 10.1. The molecule has 5 nitrogen and oxygen atoms in total. The van der Waals surface area contributed by atoms with Crippen molar-refractivity contribution >= 4 is 23.5 Å². The number of benzene rings is 1. The Labute approximate surface area is 128 Å². The predicted octanol–water partition coefficient (Wildman–Crippen LogP) is 1.33. The van der Waals surface area contributed by atoms with E-state index in [1.54, 1.807) is 19.1 Å². The third kappa shape index (κ3) is 5.86. The standard InChI is InChI=1S/C15H17ClN2O3/c1-2-21-14(19)7-9-18-15(20)12-6-5-11(4-3-8-17)13(16)10-12/h5-6,10H,2,7-9,17H2,1H3,(H,18,20). The van der Waals surface area contributed by atoms with Gasteiger partial charge in [-0.2, -0.15) is 0 Å². The Morgan fingerprint density at radius 3 is 2.81 bits per heavy atom. The van der Waals surface area contributed by atoms with E-state index in [2.05, 4.69) is 17.2 Å². The molecule has 1 aromatic carbocycles. The van der Waals surface area contributed by atoms with Crippen molar-refractivity contribution in [3.8, 4) is 11.8 Å². The topological polar surface area (TPSA) is 81.4 Å². The van der Waals surface area contributed by atoms with Gasteiger partial charge in [-0.15, -0.1) is 0 Å². The van der Waals surface area contributed by atoms with Crippen LogP contribution in [0.25, 0.3) is 0 Å². The van der Waals surface area contributed by atoms with Crippen LogP contribution in [0.4, 0.5) is 0 Å². The number of nitrogens with one attached hydrogen (secondary N) is 1. The van der Waals surface area contributed by atoms with Gasteiger partial charge in [0.1, 0.15) is 0 Å². The van der Waals surface area contributed by atoms with Crippen LogP contribution >= 0.6 is 11.6 Å². The molecule has 0 spiro atoms. The second kappa shape index (κ2) is 9.01. The molecule has 1 amide bonds. The van der Waals surface area contributed by atoms with Crippen LogP contribution in [-0.4, -0.2) is 31.6 Å². The molecule has 3 N–H and O–H groups in total. The Kier molecular flexibility index (Phi) is 7.30. The number of carbonyl (C=O) groups excluding carboxylic acids is 2. The number of amides is 1. The highest BCUT2D eigenvalue weighted by molar-refractivity contribution is 6.32. The lowest BCUT2D eigenvalue weighted by Crippen LogP contribution is -2.26. The molecule has 0 atom stereocenters. The summed E-state index contributed by atoms with van der Waals surface area (Å²) in [6, 6.07) is 4.80. The highest BCUT2D eigenvalue weighted by Gasteiger charge is 2.09. The van der Waals surface area contributed by atoms with Crippen LogP contribution in [0.15, 0.2) is 18.2 Å². The number of carbonyl (C=O) groups is 2. The van der Waals surface area contributed by atoms with Crippen molar-refractivity contribution in [3.05, 3.63) is 34.3 Å². The average molecular weight is 309 g/mol. The molecule has 6 heteroatoms. The van der Waals surface area contributed by atoms with E-state index in [9.17, 15) is 9.59 Å². The van der Waals surface area contributed by atoms with Crippen LogP contribution in [0.3, 0.4) is 0 Å². The van der Waals surface area contributed by atoms with Crippen LogP contribution in [0.2, 0.25) is 5.02 Å². The molecule has 0 heterocycles. The molecule has 0 aliphatic carbocycles. The Morgan fingerprint density at radius 2 is 2.19 bits per heavy atom. The number of hydrogen-bond acceptors (Lipinski definition) is 4. The Hall–Kier alpha value is -2.03. The third-order valence-corrected chi connectivity index (χ3v) is 2.79. The summed E-state index contributed by atoms with van der Waals surface area (Å²) >= 11 is 6.04. The van der Waals surface area contributed by atoms with E-state index in [1.807, 2.05) is 0 Å². The molecular weight excluding hydrogens is 292 g/mol. The third-order valence-electron chi connectivity index (χ3n) is 2.48. The van der Waals surface area contributed by atoms with Gasteiger partial charge in [0, 0.05) is 17.7 Å². The number of ether oxygens (including phenoxy) is 1. The van der Waals surface area contributed by atoms with E-state index in [-0.39, 0.29) is 31.4 Å². The fraction of sp³-hybridized carbons (Fsp3) is 0.333. The molecule has 0 unspecified atom stereocenters. The molecule has 0 aromatic heterocycles. The maximum atomic E-state index is 11.9. The van der Waals surface area contributed by atoms with Crippen LogP contribution in [0.1, 0.15) is 29.3 Å². The van der Waals surface area contributed by atoms with Gasteiger partial charge in [0.2, 0.25) is 0 Å². The zero-order chi connectivity index (χ0) is 15.7. The van der Waals surface area contributed by atoms with Gasteiger partial charge in [-0.1, -0.05) is 23.4 Å². The van der Waals surface area contributed by atoms with Crippen molar-refractivity contribution in [2.45, 2.75) is 13.3 Å². The molecule has 0 radical (unpaired) electrons. The Morgan fingerprint density at radius 1 is 1.43 bits per heavy atom. The molecule has 1 aromatic rings. The quantitative estimate of drug-likeness (QED) is 0.635. The Bertz CT molecular complexity index is 576. The maximum Gasteiger partial charge on any atom is 0.307 e. The molecule has 0 bridgehead atoms. The van der Waals surface area contributed by atoms with E-state index in [4.69, 9.17) is 22.1 Å². The second-order valence-electron chi connectivity index (χ2n) is 4.01. The number of esters is 1. The molecule has 21 heavy (non-hydrogen) atoms. The SMILES string of the molecule is CCOC(=O)CCNC(=O)c1ccc(C#CCN)c(Cl)c1. The van der Waals surface area contributed by atoms with E-state index >= 15 is 0 Å². The van der Waals surface area contributed by atoms with Crippen LogP contribution in [0, 0.1) is 11.8 Å². The van der Waals surface area contributed by atoms with E-state index in [0.29, 0.717) is 22.8 Å². The maximum absolute atomic E-state index is 11.9. The first-order chi connectivity index (χ1) is 10.1. The first-order valence-electron chi connectivity index (χ1n) is 6.50. The van der Waals surface area contributed by atoms with Gasteiger partial charge in [-0.05, 0) is 25.1 Å².